The van der Waals surface area contributed by atoms with E-state index in [-0.39, 0.29) is 53.4 Å². The fourth-order valence-corrected chi connectivity index (χ4v) is 12.2. The van der Waals surface area contributed by atoms with Crippen molar-refractivity contribution in [2.24, 2.45) is 29.1 Å². The van der Waals surface area contributed by atoms with Gasteiger partial charge >= 0.3 is 5.97 Å². The van der Waals surface area contributed by atoms with E-state index in [1.807, 2.05) is 6.07 Å². The molecule has 12 atom stereocenters. The Labute approximate surface area is 275 Å². The van der Waals surface area contributed by atoms with Crippen LogP contribution in [0.5, 0.6) is 0 Å². The molecule has 10 nitrogen and oxygen atoms in total. The van der Waals surface area contributed by atoms with Crippen molar-refractivity contribution in [1.82, 2.24) is 4.90 Å². The number of anilines is 1. The molecule has 0 aromatic heterocycles. The monoisotopic (exact) mass is 646 g/mol. The van der Waals surface area contributed by atoms with Gasteiger partial charge in [0.25, 0.3) is 5.91 Å². The van der Waals surface area contributed by atoms with Crippen LogP contribution in [0.15, 0.2) is 54.6 Å². The van der Waals surface area contributed by atoms with Gasteiger partial charge in [-0.3, -0.25) is 9.69 Å². The van der Waals surface area contributed by atoms with E-state index < -0.39 is 34.3 Å². The lowest BCUT2D eigenvalue weighted by atomic mass is 9.44. The van der Waals surface area contributed by atoms with Gasteiger partial charge < -0.3 is 34.5 Å². The average molecular weight is 647 g/mol. The molecule has 6 fully saturated rings. The van der Waals surface area contributed by atoms with Crippen molar-refractivity contribution in [3.05, 3.63) is 65.7 Å². The summed E-state index contributed by atoms with van der Waals surface area (Å²) in [5.41, 5.74) is -3.23. The van der Waals surface area contributed by atoms with Gasteiger partial charge in [0.2, 0.25) is 0 Å². The summed E-state index contributed by atoms with van der Waals surface area (Å²) < 4.78 is 25.3. The van der Waals surface area contributed by atoms with E-state index in [2.05, 4.69) is 17.1 Å². The van der Waals surface area contributed by atoms with E-state index in [4.69, 9.17) is 18.9 Å². The maximum Gasteiger partial charge on any atom is 0.340 e. The summed E-state index contributed by atoms with van der Waals surface area (Å²) in [6, 6.07) is 15.8. The SMILES string of the molecule is CCN1C[C@]2(OC(=O)c3ccccc3NC(=O)c3ccccc3)CC[C@H](OC)[C@]34[C@@H]1[C@H](C[C@H]23)[C@@]1(O)C[C@H](OC)[C@H]2C[C@@H]4[C@]1(O)[C@H]2OC. The van der Waals surface area contributed by atoms with Crippen LogP contribution in [0.3, 0.4) is 0 Å². The van der Waals surface area contributed by atoms with Gasteiger partial charge in [-0.15, -0.1) is 0 Å². The van der Waals surface area contributed by atoms with Crippen LogP contribution in [0, 0.1) is 29.1 Å². The Morgan fingerprint density at radius 2 is 1.70 bits per heavy atom. The Morgan fingerprint density at radius 1 is 0.957 bits per heavy atom. The van der Waals surface area contributed by atoms with Crippen molar-refractivity contribution < 1.29 is 38.7 Å². The number of benzene rings is 2. The fraction of sp³-hybridized carbons (Fsp3) is 0.622. The predicted octanol–water partition coefficient (Wildman–Crippen LogP) is 3.52. The first-order valence-corrected chi connectivity index (χ1v) is 17.1. The number of ether oxygens (including phenoxy) is 4. The number of likely N-dealkylation sites (tertiary alicyclic amines) is 1. The van der Waals surface area contributed by atoms with Crippen molar-refractivity contribution in [1.29, 1.82) is 0 Å². The molecule has 10 heteroatoms. The number of methoxy groups -OCH3 is 3. The molecule has 1 saturated heterocycles. The fourth-order valence-electron chi connectivity index (χ4n) is 12.2. The molecule has 1 spiro atoms. The molecular formula is C37H46N2O8. The topological polar surface area (TPSA) is 127 Å². The van der Waals surface area contributed by atoms with Crippen molar-refractivity contribution in [2.45, 2.75) is 80.2 Å². The van der Waals surface area contributed by atoms with E-state index >= 15 is 0 Å². The van der Waals surface area contributed by atoms with E-state index in [1.165, 1.54) is 0 Å². The number of likely N-dealkylation sites (N-methyl/N-ethyl adjacent to an activating group) is 1. The molecule has 0 radical (unpaired) electrons. The average Bonchev–Trinajstić information content (AvgIpc) is 3.51. The van der Waals surface area contributed by atoms with Gasteiger partial charge in [-0.25, -0.2) is 4.79 Å². The summed E-state index contributed by atoms with van der Waals surface area (Å²) >= 11 is 0. The number of nitrogens with one attached hydrogen (secondary N) is 1. The highest BCUT2D eigenvalue weighted by atomic mass is 16.6. The first-order valence-electron chi connectivity index (χ1n) is 17.1. The van der Waals surface area contributed by atoms with E-state index in [1.54, 1.807) is 69.9 Å². The minimum atomic E-state index is -1.49. The first-order chi connectivity index (χ1) is 22.6. The molecule has 2 aromatic rings. The zero-order valence-electron chi connectivity index (χ0n) is 27.6. The van der Waals surface area contributed by atoms with Gasteiger partial charge in [0.1, 0.15) is 16.8 Å². The minimum absolute atomic E-state index is 0.0610. The lowest BCUT2D eigenvalue weighted by Gasteiger charge is -2.70. The summed E-state index contributed by atoms with van der Waals surface area (Å²) in [7, 11) is 5.06. The molecule has 47 heavy (non-hydrogen) atoms. The summed E-state index contributed by atoms with van der Waals surface area (Å²) in [6.45, 7) is 3.34. The Morgan fingerprint density at radius 3 is 2.40 bits per heavy atom. The number of carbonyl (C=O) groups is 2. The second kappa shape index (κ2) is 10.8. The largest absolute Gasteiger partial charge is 0.454 e. The zero-order valence-corrected chi connectivity index (χ0v) is 27.6. The molecule has 3 N–H and O–H groups in total. The second-order valence-electron chi connectivity index (χ2n) is 14.8. The highest BCUT2D eigenvalue weighted by Crippen LogP contribution is 2.79. The summed E-state index contributed by atoms with van der Waals surface area (Å²) in [4.78, 5) is 29.9. The number of carbonyl (C=O) groups excluding carboxylic acids is 2. The number of hydrogen-bond donors (Lipinski definition) is 3. The van der Waals surface area contributed by atoms with Crippen LogP contribution in [0.2, 0.25) is 0 Å². The molecule has 0 unspecified atom stereocenters. The lowest BCUT2D eigenvalue weighted by molar-refractivity contribution is -0.337. The molecule has 8 rings (SSSR count). The number of fused-ring (bicyclic) bond motifs is 2. The van der Waals surface area contributed by atoms with Gasteiger partial charge in [0.05, 0.1) is 29.6 Å². The predicted molar refractivity (Wildman–Crippen MR) is 172 cm³/mol. The standard InChI is InChI=1S/C37H46N2O8/c1-5-39-20-34(47-33(41)22-13-9-10-14-25(22)38-32(40)21-11-7-6-8-12-21)16-15-29(45-3)36-27(34)18-24(30(36)39)35(42)19-26(44-2)23-17-28(36)37(35,43)31(23)46-4/h6-14,23-24,26-31,42-43H,5,15-20H2,1-4H3,(H,38,40)/t23-,24+,26+,27-,28+,29+,30+,31+,34-,35+,36+,37+/m1/s1. The third kappa shape index (κ3) is 3.83. The molecule has 2 aromatic carbocycles. The van der Waals surface area contributed by atoms with Gasteiger partial charge in [0, 0.05) is 75.0 Å². The highest BCUT2D eigenvalue weighted by Gasteiger charge is 2.89. The number of para-hydroxylation sites is 1. The van der Waals surface area contributed by atoms with Crippen molar-refractivity contribution in [3.63, 3.8) is 0 Å². The van der Waals surface area contributed by atoms with Crippen LogP contribution in [0.25, 0.3) is 0 Å². The van der Waals surface area contributed by atoms with Crippen LogP contribution in [-0.4, -0.2) is 103 Å². The molecular weight excluding hydrogens is 600 g/mol. The van der Waals surface area contributed by atoms with Gasteiger partial charge in [-0.2, -0.15) is 0 Å². The molecule has 5 aliphatic carbocycles. The number of aliphatic hydroxyl groups is 2. The Hall–Kier alpha value is -2.86. The molecule has 5 saturated carbocycles. The smallest absolute Gasteiger partial charge is 0.340 e. The zero-order chi connectivity index (χ0) is 32.9. The normalized spacial score (nSPS) is 44.2. The number of rotatable bonds is 8. The summed E-state index contributed by atoms with van der Waals surface area (Å²) in [5.74, 6) is -1.68. The van der Waals surface area contributed by atoms with Gasteiger partial charge in [-0.1, -0.05) is 37.3 Å². The molecule has 1 aliphatic heterocycles. The number of amides is 1. The van der Waals surface area contributed by atoms with Crippen LogP contribution < -0.4 is 5.32 Å². The van der Waals surface area contributed by atoms with Crippen molar-refractivity contribution in [3.8, 4) is 0 Å². The maximum atomic E-state index is 14.4. The number of piperidine rings is 1. The number of hydrogen-bond acceptors (Lipinski definition) is 9. The summed E-state index contributed by atoms with van der Waals surface area (Å²) in [6.07, 6.45) is 1.79. The molecule has 6 aliphatic rings. The van der Waals surface area contributed by atoms with Gasteiger partial charge in [-0.05, 0) is 56.5 Å². The van der Waals surface area contributed by atoms with Crippen LogP contribution in [-0.2, 0) is 18.9 Å². The maximum absolute atomic E-state index is 14.4. The minimum Gasteiger partial charge on any atom is -0.454 e. The van der Waals surface area contributed by atoms with Crippen LogP contribution >= 0.6 is 0 Å². The Balaban J connectivity index is 1.21. The Bertz CT molecular complexity index is 1570. The second-order valence-corrected chi connectivity index (χ2v) is 14.8. The third-order valence-electron chi connectivity index (χ3n) is 13.6. The third-order valence-corrected chi connectivity index (χ3v) is 13.6. The van der Waals surface area contributed by atoms with Crippen LogP contribution in [0.1, 0.15) is 59.7 Å². The quantitative estimate of drug-likeness (QED) is 0.370. The van der Waals surface area contributed by atoms with Gasteiger partial charge in [0.15, 0.2) is 0 Å². The lowest BCUT2D eigenvalue weighted by Crippen LogP contribution is -2.83. The van der Waals surface area contributed by atoms with Crippen molar-refractivity contribution in [2.75, 3.05) is 39.7 Å². The number of nitrogens with zero attached hydrogens (tertiary/aromatic N) is 1. The van der Waals surface area contributed by atoms with Crippen molar-refractivity contribution >= 4 is 17.6 Å². The summed E-state index contributed by atoms with van der Waals surface area (Å²) in [5, 5.41) is 28.8. The molecule has 252 valence electrons. The molecule has 1 amide bonds. The highest BCUT2D eigenvalue weighted by molar-refractivity contribution is 6.08. The van der Waals surface area contributed by atoms with E-state index in [0.717, 1.165) is 0 Å². The van der Waals surface area contributed by atoms with E-state index in [9.17, 15) is 19.8 Å². The Kier molecular flexibility index (Phi) is 7.23. The molecule has 7 bridgehead atoms. The van der Waals surface area contributed by atoms with Crippen LogP contribution in [0.4, 0.5) is 5.69 Å². The number of esters is 1. The first kappa shape index (κ1) is 31.4. The van der Waals surface area contributed by atoms with E-state index in [0.29, 0.717) is 56.4 Å². The molecule has 1 heterocycles.